The minimum Gasteiger partial charge on any atom is -0.362 e. The maximum Gasteiger partial charge on any atom is 0.109 e. The van der Waals surface area contributed by atoms with Crippen LogP contribution in [-0.2, 0) is 0 Å². The zero-order valence-electron chi connectivity index (χ0n) is 6.06. The van der Waals surface area contributed by atoms with Crippen molar-refractivity contribution < 1.29 is 0 Å². The molecule has 0 amide bonds. The van der Waals surface area contributed by atoms with Gasteiger partial charge in [-0.2, -0.15) is 0 Å². The van der Waals surface area contributed by atoms with Gasteiger partial charge in [-0.15, -0.1) is 0 Å². The largest absolute Gasteiger partial charge is 0.362 e. The van der Waals surface area contributed by atoms with Crippen LogP contribution in [0.4, 0.5) is 0 Å². The quantitative estimate of drug-likeness (QED) is 0.373. The van der Waals surface area contributed by atoms with Crippen LogP contribution < -0.4 is 0 Å². The number of nitrogens with zero attached hydrogens (tertiary/aromatic N) is 1. The van der Waals surface area contributed by atoms with Crippen molar-refractivity contribution in [2.24, 2.45) is 5.92 Å². The Morgan fingerprint density at radius 3 is 2.33 bits per heavy atom. The van der Waals surface area contributed by atoms with Gasteiger partial charge in [0.15, 0.2) is 0 Å². The highest BCUT2D eigenvalue weighted by Crippen LogP contribution is 2.26. The van der Waals surface area contributed by atoms with Crippen molar-refractivity contribution in [3.63, 3.8) is 0 Å². The van der Waals surface area contributed by atoms with Gasteiger partial charge in [0.2, 0.25) is 0 Å². The van der Waals surface area contributed by atoms with Crippen molar-refractivity contribution in [3.8, 4) is 0 Å². The number of hydrogen-bond donors (Lipinski definition) is 0. The Bertz CT molecular complexity index is 142. The van der Waals surface area contributed by atoms with Crippen LogP contribution in [0.25, 0.3) is 0 Å². The smallest absolute Gasteiger partial charge is 0.109 e. The van der Waals surface area contributed by atoms with Crippen LogP contribution in [0, 0.1) is 5.92 Å². The zero-order chi connectivity index (χ0) is 7.02. The van der Waals surface area contributed by atoms with E-state index in [4.69, 9.17) is 11.6 Å². The summed E-state index contributed by atoms with van der Waals surface area (Å²) in [7, 11) is 2.02. The van der Waals surface area contributed by atoms with E-state index >= 15 is 0 Å². The molecule has 2 atom stereocenters. The minimum atomic E-state index is 0.171. The summed E-state index contributed by atoms with van der Waals surface area (Å²) in [6, 6.07) is 0. The zero-order valence-corrected chi connectivity index (χ0v) is 6.81. The number of halogens is 1. The highest BCUT2D eigenvalue weighted by atomic mass is 35.5. The molecular weight excluding hydrogens is 134 g/mol. The Kier molecular flexibility index (Phi) is 1.71. The second-order valence-electron chi connectivity index (χ2n) is 2.65. The molecule has 1 nitrogen and oxygen atoms in total. The predicted molar refractivity (Wildman–Crippen MR) is 40.3 cm³/mol. The molecule has 0 bridgehead atoms. The van der Waals surface area contributed by atoms with E-state index < -0.39 is 0 Å². The molecule has 2 heteroatoms. The third-order valence-corrected chi connectivity index (χ3v) is 2.55. The SMILES string of the molecule is CC1=CC(C)C(Cl)N1C. The first-order valence-electron chi connectivity index (χ1n) is 3.18. The molecule has 0 spiro atoms. The van der Waals surface area contributed by atoms with Gasteiger partial charge in [0.05, 0.1) is 0 Å². The number of alkyl halides is 1. The normalized spacial score (nSPS) is 35.1. The Balaban J connectivity index is 2.70. The minimum absolute atomic E-state index is 0.171. The summed E-state index contributed by atoms with van der Waals surface area (Å²) in [6.07, 6.45) is 2.19. The maximum absolute atomic E-state index is 5.98. The van der Waals surface area contributed by atoms with Crippen LogP contribution in [0.3, 0.4) is 0 Å². The second kappa shape index (κ2) is 2.22. The highest BCUT2D eigenvalue weighted by Gasteiger charge is 2.23. The molecule has 0 N–H and O–H groups in total. The summed E-state index contributed by atoms with van der Waals surface area (Å²) in [5, 5.41) is 0. The lowest BCUT2D eigenvalue weighted by molar-refractivity contribution is 0.381. The lowest BCUT2D eigenvalue weighted by Crippen LogP contribution is -2.23. The average Bonchev–Trinajstić information content (AvgIpc) is 1.98. The van der Waals surface area contributed by atoms with Gasteiger partial charge in [-0.3, -0.25) is 0 Å². The van der Waals surface area contributed by atoms with Gasteiger partial charge in [0.25, 0.3) is 0 Å². The van der Waals surface area contributed by atoms with Crippen molar-refractivity contribution in [1.82, 2.24) is 4.90 Å². The molecule has 0 fully saturated rings. The van der Waals surface area contributed by atoms with Gasteiger partial charge in [0.1, 0.15) is 5.50 Å². The van der Waals surface area contributed by atoms with Crippen LogP contribution in [0.1, 0.15) is 13.8 Å². The molecule has 1 heterocycles. The lowest BCUT2D eigenvalue weighted by Gasteiger charge is -2.19. The molecule has 0 aromatic rings. The molecule has 9 heavy (non-hydrogen) atoms. The van der Waals surface area contributed by atoms with Crippen LogP contribution in [0.15, 0.2) is 11.8 Å². The average molecular weight is 146 g/mol. The molecule has 52 valence electrons. The molecule has 0 aromatic heterocycles. The van der Waals surface area contributed by atoms with Crippen molar-refractivity contribution in [2.45, 2.75) is 19.3 Å². The molecule has 2 unspecified atom stereocenters. The van der Waals surface area contributed by atoms with Gasteiger partial charge >= 0.3 is 0 Å². The molecule has 1 aliphatic heterocycles. The van der Waals surface area contributed by atoms with E-state index in [0.29, 0.717) is 5.92 Å². The predicted octanol–water partition coefficient (Wildman–Crippen LogP) is 2.04. The van der Waals surface area contributed by atoms with E-state index in [-0.39, 0.29) is 5.50 Å². The van der Waals surface area contributed by atoms with E-state index in [1.165, 1.54) is 5.70 Å². The van der Waals surface area contributed by atoms with Crippen molar-refractivity contribution in [3.05, 3.63) is 11.8 Å². The van der Waals surface area contributed by atoms with Crippen molar-refractivity contribution >= 4 is 11.6 Å². The van der Waals surface area contributed by atoms with Crippen LogP contribution in [0.2, 0.25) is 0 Å². The Morgan fingerprint density at radius 1 is 1.67 bits per heavy atom. The van der Waals surface area contributed by atoms with Gasteiger partial charge in [0, 0.05) is 18.7 Å². The van der Waals surface area contributed by atoms with Crippen LogP contribution >= 0.6 is 11.6 Å². The standard InChI is InChI=1S/C7H12ClN/c1-5-4-6(2)9(3)7(5)8/h4-5,7H,1-3H3. The third kappa shape index (κ3) is 1.06. The fraction of sp³-hybridized carbons (Fsp3) is 0.714. The van der Waals surface area contributed by atoms with E-state index in [1.807, 2.05) is 7.05 Å². The van der Waals surface area contributed by atoms with Gasteiger partial charge in [-0.1, -0.05) is 24.6 Å². The Morgan fingerprint density at radius 2 is 2.22 bits per heavy atom. The topological polar surface area (TPSA) is 3.24 Å². The first kappa shape index (κ1) is 6.94. The van der Waals surface area contributed by atoms with Crippen molar-refractivity contribution in [2.75, 3.05) is 7.05 Å². The molecule has 1 rings (SSSR count). The molecule has 0 aliphatic carbocycles. The lowest BCUT2D eigenvalue weighted by atomic mass is 10.2. The molecule has 0 saturated carbocycles. The molecular formula is C7H12ClN. The first-order valence-corrected chi connectivity index (χ1v) is 3.62. The maximum atomic E-state index is 5.98. The second-order valence-corrected chi connectivity index (χ2v) is 3.10. The van der Waals surface area contributed by atoms with Gasteiger partial charge in [-0.25, -0.2) is 0 Å². The van der Waals surface area contributed by atoms with E-state index in [0.717, 1.165) is 0 Å². The van der Waals surface area contributed by atoms with Crippen molar-refractivity contribution in [1.29, 1.82) is 0 Å². The van der Waals surface area contributed by atoms with E-state index in [1.54, 1.807) is 0 Å². The number of rotatable bonds is 0. The van der Waals surface area contributed by atoms with Gasteiger partial charge < -0.3 is 4.90 Å². The molecule has 0 saturated heterocycles. The molecule has 0 radical (unpaired) electrons. The fourth-order valence-electron chi connectivity index (χ4n) is 1.12. The Hall–Kier alpha value is -0.170. The summed E-state index contributed by atoms with van der Waals surface area (Å²) in [4.78, 5) is 2.09. The summed E-state index contributed by atoms with van der Waals surface area (Å²) in [6.45, 7) is 4.21. The molecule has 0 aromatic carbocycles. The van der Waals surface area contributed by atoms with E-state index in [2.05, 4.69) is 24.8 Å². The van der Waals surface area contributed by atoms with Crippen LogP contribution in [-0.4, -0.2) is 17.4 Å². The fourth-order valence-corrected chi connectivity index (χ4v) is 1.35. The first-order chi connectivity index (χ1) is 4.13. The van der Waals surface area contributed by atoms with Gasteiger partial charge in [-0.05, 0) is 6.92 Å². The van der Waals surface area contributed by atoms with E-state index in [9.17, 15) is 0 Å². The molecule has 1 aliphatic rings. The highest BCUT2D eigenvalue weighted by molar-refractivity contribution is 6.20. The third-order valence-electron chi connectivity index (χ3n) is 1.86. The summed E-state index contributed by atoms with van der Waals surface area (Å²) in [5.41, 5.74) is 1.45. The summed E-state index contributed by atoms with van der Waals surface area (Å²) < 4.78 is 0. The Labute approximate surface area is 61.3 Å². The summed E-state index contributed by atoms with van der Waals surface area (Å²) >= 11 is 5.98. The monoisotopic (exact) mass is 145 g/mol. The number of allylic oxidation sites excluding steroid dienone is 1. The number of hydrogen-bond acceptors (Lipinski definition) is 1. The van der Waals surface area contributed by atoms with Crippen LogP contribution in [0.5, 0.6) is 0 Å². The summed E-state index contributed by atoms with van der Waals surface area (Å²) in [5.74, 6) is 0.497.